The van der Waals surface area contributed by atoms with Gasteiger partial charge in [0, 0.05) is 5.02 Å². The first kappa shape index (κ1) is 13.5. The second-order valence-electron chi connectivity index (χ2n) is 4.24. The van der Waals surface area contributed by atoms with Crippen LogP contribution in [-0.4, -0.2) is 19.2 Å². The predicted octanol–water partition coefficient (Wildman–Crippen LogP) is 3.49. The van der Waals surface area contributed by atoms with E-state index in [0.717, 1.165) is 38.1 Å². The van der Waals surface area contributed by atoms with Crippen LogP contribution in [0.15, 0.2) is 18.2 Å². The zero-order chi connectivity index (χ0) is 13.2. The third kappa shape index (κ3) is 3.53. The Morgan fingerprint density at radius 3 is 2.44 bits per heavy atom. The number of rotatable bonds is 2. The van der Waals surface area contributed by atoms with E-state index in [2.05, 4.69) is 5.32 Å². The quantitative estimate of drug-likeness (QED) is 0.895. The van der Waals surface area contributed by atoms with Gasteiger partial charge in [0.25, 0.3) is 0 Å². The van der Waals surface area contributed by atoms with Crippen LogP contribution in [0.3, 0.4) is 0 Å². The maximum Gasteiger partial charge on any atom is 0.416 e. The van der Waals surface area contributed by atoms with Crippen molar-refractivity contribution in [3.05, 3.63) is 28.8 Å². The van der Waals surface area contributed by atoms with Crippen LogP contribution in [0.25, 0.3) is 0 Å². The normalized spacial score (nSPS) is 17.8. The average molecular weight is 280 g/mol. The summed E-state index contributed by atoms with van der Waals surface area (Å²) in [6, 6.07) is 3.31. The van der Waals surface area contributed by atoms with E-state index in [1.807, 2.05) is 0 Å². The van der Waals surface area contributed by atoms with E-state index in [1.165, 1.54) is 6.07 Å². The molecule has 0 spiro atoms. The Bertz CT molecular complexity index is 416. The summed E-state index contributed by atoms with van der Waals surface area (Å²) in [5.41, 5.74) is -0.779. The molecule has 1 N–H and O–H groups in total. The molecule has 1 aromatic carbocycles. The smallest absolute Gasteiger partial charge is 0.416 e. The van der Waals surface area contributed by atoms with Crippen molar-refractivity contribution in [2.24, 2.45) is 0 Å². The molecule has 0 bridgehead atoms. The summed E-state index contributed by atoms with van der Waals surface area (Å²) >= 11 is 5.68. The lowest BCUT2D eigenvalue weighted by atomic mass is 10.1. The maximum atomic E-state index is 12.6. The van der Waals surface area contributed by atoms with Crippen molar-refractivity contribution in [1.82, 2.24) is 5.32 Å². The molecule has 1 aromatic rings. The van der Waals surface area contributed by atoms with Crippen LogP contribution in [0, 0.1) is 0 Å². The van der Waals surface area contributed by atoms with Gasteiger partial charge < -0.3 is 10.1 Å². The first-order chi connectivity index (χ1) is 8.45. The lowest BCUT2D eigenvalue weighted by Gasteiger charge is -2.24. The number of halogens is 4. The van der Waals surface area contributed by atoms with Gasteiger partial charge in [-0.05, 0) is 44.1 Å². The molecule has 0 atom stereocenters. The summed E-state index contributed by atoms with van der Waals surface area (Å²) in [6.45, 7) is 1.63. The zero-order valence-corrected chi connectivity index (χ0v) is 10.3. The minimum absolute atomic E-state index is 0.0359. The van der Waals surface area contributed by atoms with Crippen LogP contribution < -0.4 is 10.1 Å². The highest BCUT2D eigenvalue weighted by molar-refractivity contribution is 6.30. The number of hydrogen-bond donors (Lipinski definition) is 1. The van der Waals surface area contributed by atoms with E-state index in [4.69, 9.17) is 16.3 Å². The van der Waals surface area contributed by atoms with Crippen molar-refractivity contribution in [1.29, 1.82) is 0 Å². The van der Waals surface area contributed by atoms with Crippen molar-refractivity contribution >= 4 is 11.6 Å². The van der Waals surface area contributed by atoms with Gasteiger partial charge in [-0.25, -0.2) is 0 Å². The molecule has 2 rings (SSSR count). The Hall–Kier alpha value is -0.940. The first-order valence-corrected chi connectivity index (χ1v) is 6.08. The van der Waals surface area contributed by atoms with Crippen LogP contribution in [0.4, 0.5) is 13.2 Å². The molecular formula is C12H13ClF3NO. The van der Waals surface area contributed by atoms with Gasteiger partial charge in [0.2, 0.25) is 0 Å². The number of piperidine rings is 1. The third-order valence-corrected chi connectivity index (χ3v) is 3.01. The Balaban J connectivity index is 2.14. The molecule has 100 valence electrons. The van der Waals surface area contributed by atoms with Crippen LogP contribution in [0.5, 0.6) is 5.75 Å². The molecule has 0 aromatic heterocycles. The minimum atomic E-state index is -4.41. The van der Waals surface area contributed by atoms with Crippen molar-refractivity contribution in [2.45, 2.75) is 25.1 Å². The zero-order valence-electron chi connectivity index (χ0n) is 9.56. The van der Waals surface area contributed by atoms with Crippen molar-refractivity contribution in [2.75, 3.05) is 13.1 Å². The number of ether oxygens (including phenoxy) is 1. The maximum absolute atomic E-state index is 12.6. The Kier molecular flexibility index (Phi) is 4.02. The second-order valence-corrected chi connectivity index (χ2v) is 4.68. The lowest BCUT2D eigenvalue weighted by molar-refractivity contribution is -0.137. The van der Waals surface area contributed by atoms with E-state index in [1.54, 1.807) is 0 Å². The molecule has 1 aliphatic heterocycles. The second kappa shape index (κ2) is 5.36. The van der Waals surface area contributed by atoms with Crippen LogP contribution in [-0.2, 0) is 6.18 Å². The summed E-state index contributed by atoms with van der Waals surface area (Å²) in [6.07, 6.45) is -2.88. The fourth-order valence-corrected chi connectivity index (χ4v) is 2.13. The lowest BCUT2D eigenvalue weighted by Crippen LogP contribution is -2.34. The summed E-state index contributed by atoms with van der Waals surface area (Å²) in [7, 11) is 0. The summed E-state index contributed by atoms with van der Waals surface area (Å²) in [4.78, 5) is 0. The van der Waals surface area contributed by atoms with E-state index >= 15 is 0 Å². The highest BCUT2D eigenvalue weighted by Crippen LogP contribution is 2.34. The summed E-state index contributed by atoms with van der Waals surface area (Å²) in [5.74, 6) is 0.182. The van der Waals surface area contributed by atoms with E-state index in [-0.39, 0.29) is 16.9 Å². The van der Waals surface area contributed by atoms with Gasteiger partial charge >= 0.3 is 6.18 Å². The molecule has 2 nitrogen and oxygen atoms in total. The van der Waals surface area contributed by atoms with Crippen molar-refractivity contribution in [3.8, 4) is 5.75 Å². The summed E-state index contributed by atoms with van der Waals surface area (Å²) < 4.78 is 43.4. The predicted molar refractivity (Wildman–Crippen MR) is 63.0 cm³/mol. The number of benzene rings is 1. The van der Waals surface area contributed by atoms with Crippen molar-refractivity contribution < 1.29 is 17.9 Å². The Labute approximate surface area is 108 Å². The topological polar surface area (TPSA) is 21.3 Å². The van der Waals surface area contributed by atoms with E-state index in [0.29, 0.717) is 0 Å². The fraction of sp³-hybridized carbons (Fsp3) is 0.500. The Morgan fingerprint density at radius 1 is 1.17 bits per heavy atom. The molecule has 0 radical (unpaired) electrons. The SMILES string of the molecule is FC(F)(F)c1cc(Cl)cc(OC2CCNCC2)c1. The highest BCUT2D eigenvalue weighted by atomic mass is 35.5. The van der Waals surface area contributed by atoms with Gasteiger partial charge in [-0.2, -0.15) is 13.2 Å². The average Bonchev–Trinajstić information content (AvgIpc) is 2.28. The largest absolute Gasteiger partial charge is 0.490 e. The monoisotopic (exact) mass is 279 g/mol. The van der Waals surface area contributed by atoms with Gasteiger partial charge in [0.05, 0.1) is 5.56 Å². The van der Waals surface area contributed by atoms with E-state index < -0.39 is 11.7 Å². The molecule has 1 heterocycles. The molecule has 6 heteroatoms. The fourth-order valence-electron chi connectivity index (χ4n) is 1.90. The molecular weight excluding hydrogens is 267 g/mol. The molecule has 0 unspecified atom stereocenters. The third-order valence-electron chi connectivity index (χ3n) is 2.79. The van der Waals surface area contributed by atoms with Crippen LogP contribution in [0.2, 0.25) is 5.02 Å². The standard InChI is InChI=1S/C12H13ClF3NO/c13-9-5-8(12(14,15)16)6-11(7-9)18-10-1-3-17-4-2-10/h5-7,10,17H,1-4H2. The van der Waals surface area contributed by atoms with E-state index in [9.17, 15) is 13.2 Å². The molecule has 0 aliphatic carbocycles. The molecule has 1 saturated heterocycles. The minimum Gasteiger partial charge on any atom is -0.490 e. The van der Waals surface area contributed by atoms with Crippen LogP contribution in [0.1, 0.15) is 18.4 Å². The van der Waals surface area contributed by atoms with Crippen molar-refractivity contribution in [3.63, 3.8) is 0 Å². The molecule has 1 fully saturated rings. The van der Waals surface area contributed by atoms with Gasteiger partial charge in [-0.15, -0.1) is 0 Å². The molecule has 0 saturated carbocycles. The van der Waals surface area contributed by atoms with Gasteiger partial charge in [0.1, 0.15) is 11.9 Å². The first-order valence-electron chi connectivity index (χ1n) is 5.70. The number of nitrogens with one attached hydrogen (secondary N) is 1. The highest BCUT2D eigenvalue weighted by Gasteiger charge is 2.31. The number of alkyl halides is 3. The molecule has 0 amide bonds. The van der Waals surface area contributed by atoms with Gasteiger partial charge in [-0.3, -0.25) is 0 Å². The van der Waals surface area contributed by atoms with Gasteiger partial charge in [-0.1, -0.05) is 11.6 Å². The Morgan fingerprint density at radius 2 is 1.83 bits per heavy atom. The van der Waals surface area contributed by atoms with Crippen LogP contribution >= 0.6 is 11.6 Å². The van der Waals surface area contributed by atoms with Gasteiger partial charge in [0.15, 0.2) is 0 Å². The molecule has 1 aliphatic rings. The molecule has 18 heavy (non-hydrogen) atoms. The number of hydrogen-bond acceptors (Lipinski definition) is 2. The summed E-state index contributed by atoms with van der Waals surface area (Å²) in [5, 5.41) is 3.20.